The molecular weight excluding hydrogens is 694 g/mol. The molecule has 1 heterocycles. The van der Waals surface area contributed by atoms with Crippen molar-refractivity contribution in [3.8, 4) is 0 Å². The van der Waals surface area contributed by atoms with E-state index in [0.29, 0.717) is 43.1 Å². The van der Waals surface area contributed by atoms with Gasteiger partial charge in [0.05, 0.1) is 23.6 Å². The van der Waals surface area contributed by atoms with Crippen molar-refractivity contribution in [1.82, 2.24) is 10.6 Å². The maximum absolute atomic E-state index is 13.9. The minimum atomic E-state index is -3.43. The molecule has 2 atom stereocenters. The van der Waals surface area contributed by atoms with Gasteiger partial charge in [0.1, 0.15) is 0 Å². The van der Waals surface area contributed by atoms with Gasteiger partial charge in [-0.1, -0.05) is 75.0 Å². The van der Waals surface area contributed by atoms with Crippen LogP contribution in [0.3, 0.4) is 0 Å². The molecule has 0 radical (unpaired) electrons. The van der Waals surface area contributed by atoms with Gasteiger partial charge in [-0.25, -0.2) is 8.42 Å². The van der Waals surface area contributed by atoms with Crippen molar-refractivity contribution < 1.29 is 18.3 Å². The summed E-state index contributed by atoms with van der Waals surface area (Å²) in [6, 6.07) is 20.8. The van der Waals surface area contributed by atoms with Crippen LogP contribution in [0, 0.1) is 0 Å². The van der Waals surface area contributed by atoms with Crippen LogP contribution < -0.4 is 14.9 Å². The van der Waals surface area contributed by atoms with Crippen molar-refractivity contribution in [3.63, 3.8) is 0 Å². The largest absolute Gasteiger partial charge is 0.390 e. The monoisotopic (exact) mass is 731 g/mol. The Balaban J connectivity index is 1.37. The molecule has 0 aromatic heterocycles. The van der Waals surface area contributed by atoms with Crippen LogP contribution in [-0.2, 0) is 23.0 Å². The molecule has 2 fully saturated rings. The molecule has 0 unspecified atom stereocenters. The van der Waals surface area contributed by atoms with E-state index >= 15 is 0 Å². The van der Waals surface area contributed by atoms with Crippen LogP contribution in [0.2, 0.25) is 0 Å². The van der Waals surface area contributed by atoms with Crippen molar-refractivity contribution in [2.75, 3.05) is 23.1 Å². The van der Waals surface area contributed by atoms with Crippen molar-refractivity contribution in [2.24, 2.45) is 0 Å². The Labute approximate surface area is 271 Å². The van der Waals surface area contributed by atoms with Gasteiger partial charge in [-0.15, -0.1) is 0 Å². The smallest absolute Gasteiger partial charge is 0.251 e. The van der Waals surface area contributed by atoms with E-state index in [1.165, 1.54) is 4.31 Å². The molecule has 3 aromatic rings. The van der Waals surface area contributed by atoms with Crippen LogP contribution in [0.25, 0.3) is 0 Å². The Bertz CT molecular complexity index is 1490. The Kier molecular flexibility index (Phi) is 11.0. The van der Waals surface area contributed by atoms with Crippen LogP contribution in [-0.4, -0.2) is 50.4 Å². The number of anilines is 1. The van der Waals surface area contributed by atoms with Crippen molar-refractivity contribution >= 4 is 53.5 Å². The maximum Gasteiger partial charge on any atom is 0.251 e. The van der Waals surface area contributed by atoms with Gasteiger partial charge in [-0.05, 0) is 91.1 Å². The number of aliphatic hydroxyl groups is 1. The van der Waals surface area contributed by atoms with Crippen LogP contribution >= 0.6 is 31.9 Å². The van der Waals surface area contributed by atoms with E-state index in [2.05, 4.69) is 42.5 Å². The van der Waals surface area contributed by atoms with Crippen LogP contribution in [0.1, 0.15) is 71.5 Å². The summed E-state index contributed by atoms with van der Waals surface area (Å²) in [5.74, 6) is 0.121. The third kappa shape index (κ3) is 8.69. The van der Waals surface area contributed by atoms with Gasteiger partial charge >= 0.3 is 0 Å². The molecule has 1 saturated carbocycles. The molecule has 0 spiro atoms. The number of carbonyl (C=O) groups excluding carboxylic acids is 1. The summed E-state index contributed by atoms with van der Waals surface area (Å²) in [5.41, 5.74) is 4.07. The third-order valence-corrected chi connectivity index (χ3v) is 11.1. The average Bonchev–Trinajstić information content (AvgIpc) is 3.52. The van der Waals surface area contributed by atoms with E-state index in [-0.39, 0.29) is 18.2 Å². The first kappa shape index (κ1) is 32.2. The number of aliphatic hydroxyl groups excluding tert-OH is 1. The predicted molar refractivity (Wildman–Crippen MR) is 179 cm³/mol. The quantitative estimate of drug-likeness (QED) is 0.215. The van der Waals surface area contributed by atoms with E-state index in [0.717, 1.165) is 57.7 Å². The average molecular weight is 734 g/mol. The topological polar surface area (TPSA) is 98.7 Å². The molecule has 7 nitrogen and oxygen atoms in total. The summed E-state index contributed by atoms with van der Waals surface area (Å²) in [4.78, 5) is 13.9. The van der Waals surface area contributed by atoms with Gasteiger partial charge in [0.25, 0.3) is 5.91 Å². The van der Waals surface area contributed by atoms with Gasteiger partial charge in [-0.3, -0.25) is 9.10 Å². The van der Waals surface area contributed by atoms with E-state index in [1.807, 2.05) is 60.7 Å². The maximum atomic E-state index is 13.9. The lowest BCUT2D eigenvalue weighted by Crippen LogP contribution is -2.48. The lowest BCUT2D eigenvalue weighted by Gasteiger charge is -2.30. The Hall–Kier alpha value is -2.24. The number of benzene rings is 3. The van der Waals surface area contributed by atoms with E-state index in [1.54, 1.807) is 6.07 Å². The molecule has 10 heteroatoms. The number of sulfonamides is 1. The van der Waals surface area contributed by atoms with Crippen LogP contribution in [0.4, 0.5) is 5.69 Å². The molecule has 43 heavy (non-hydrogen) atoms. The molecule has 1 amide bonds. The summed E-state index contributed by atoms with van der Waals surface area (Å²) < 4.78 is 29.4. The molecule has 3 N–H and O–H groups in total. The van der Waals surface area contributed by atoms with Crippen LogP contribution in [0.5, 0.6) is 0 Å². The third-order valence-electron chi connectivity index (χ3n) is 8.35. The first-order valence-electron chi connectivity index (χ1n) is 15.0. The minimum Gasteiger partial charge on any atom is -0.390 e. The number of rotatable bonds is 11. The normalized spacial score (nSPS) is 18.3. The van der Waals surface area contributed by atoms with Crippen molar-refractivity contribution in [1.29, 1.82) is 0 Å². The SMILES string of the molecule is O=C(N[C@@H](Cc1ccccc1)[C@H](O)CNCc1cc(Br)cc(Br)c1)c1cc(C2CCCC2)cc(N2CCCCS2(=O)=O)c1. The lowest BCUT2D eigenvalue weighted by molar-refractivity contribution is 0.0830. The highest BCUT2D eigenvalue weighted by molar-refractivity contribution is 9.11. The molecule has 1 aliphatic carbocycles. The molecular formula is C33H39Br2N3O4S. The molecule has 5 rings (SSSR count). The number of nitrogens with zero attached hydrogens (tertiary/aromatic N) is 1. The zero-order valence-electron chi connectivity index (χ0n) is 24.1. The van der Waals surface area contributed by atoms with Gasteiger partial charge in [0.2, 0.25) is 10.0 Å². The summed E-state index contributed by atoms with van der Waals surface area (Å²) >= 11 is 7.03. The van der Waals surface area contributed by atoms with Gasteiger partial charge in [-0.2, -0.15) is 0 Å². The fraction of sp³-hybridized carbons (Fsp3) is 0.424. The van der Waals surface area contributed by atoms with E-state index in [4.69, 9.17) is 0 Å². The summed E-state index contributed by atoms with van der Waals surface area (Å²) in [5, 5.41) is 17.8. The predicted octanol–water partition coefficient (Wildman–Crippen LogP) is 6.29. The second-order valence-corrected chi connectivity index (χ2v) is 15.5. The minimum absolute atomic E-state index is 0.122. The highest BCUT2D eigenvalue weighted by Crippen LogP contribution is 2.37. The second-order valence-electron chi connectivity index (χ2n) is 11.6. The zero-order chi connectivity index (χ0) is 30.4. The van der Waals surface area contributed by atoms with Crippen LogP contribution in [0.15, 0.2) is 75.7 Å². The highest BCUT2D eigenvalue weighted by Gasteiger charge is 2.29. The van der Waals surface area contributed by atoms with Gasteiger partial charge in [0.15, 0.2) is 0 Å². The number of amides is 1. The molecule has 1 aliphatic heterocycles. The number of halogens is 2. The fourth-order valence-corrected chi connectivity index (χ4v) is 9.12. The fourth-order valence-electron chi connectivity index (χ4n) is 6.11. The van der Waals surface area contributed by atoms with Gasteiger partial charge < -0.3 is 15.7 Å². The number of hydrogen-bond acceptors (Lipinski definition) is 5. The lowest BCUT2D eigenvalue weighted by atomic mass is 9.94. The summed E-state index contributed by atoms with van der Waals surface area (Å²) in [7, 11) is -3.43. The molecule has 3 aromatic carbocycles. The Morgan fingerprint density at radius 2 is 1.65 bits per heavy atom. The Morgan fingerprint density at radius 1 is 0.930 bits per heavy atom. The van der Waals surface area contributed by atoms with Gasteiger partial charge in [0, 0.05) is 34.1 Å². The molecule has 0 bridgehead atoms. The first-order chi connectivity index (χ1) is 20.7. The summed E-state index contributed by atoms with van der Waals surface area (Å²) in [6.45, 7) is 1.26. The summed E-state index contributed by atoms with van der Waals surface area (Å²) in [6.07, 6.45) is 5.37. The molecule has 1 saturated heterocycles. The van der Waals surface area contributed by atoms with Crippen molar-refractivity contribution in [3.05, 3.63) is 97.9 Å². The standard InChI is InChI=1S/C33H39Br2N3O4S/c34-28-14-24(15-29(35)20-28)21-36-22-32(39)31(16-23-8-2-1-3-9-23)37-33(40)27-17-26(25-10-4-5-11-25)18-30(19-27)38-12-6-7-13-43(38,41)42/h1-3,8-9,14-15,17-20,25,31-32,36,39H,4-7,10-13,16,21-22H2,(H,37,40)/t31-,32+/m0/s1. The van der Waals surface area contributed by atoms with E-state index < -0.39 is 22.2 Å². The van der Waals surface area contributed by atoms with Crippen molar-refractivity contribution in [2.45, 2.75) is 69.6 Å². The zero-order valence-corrected chi connectivity index (χ0v) is 28.1. The second kappa shape index (κ2) is 14.7. The number of carbonyl (C=O) groups is 1. The molecule has 2 aliphatic rings. The number of hydrogen-bond donors (Lipinski definition) is 3. The van der Waals surface area contributed by atoms with E-state index in [9.17, 15) is 18.3 Å². The highest BCUT2D eigenvalue weighted by atomic mass is 79.9. The number of nitrogens with one attached hydrogen (secondary N) is 2. The Morgan fingerprint density at radius 3 is 2.35 bits per heavy atom. The molecule has 230 valence electrons. The first-order valence-corrected chi connectivity index (χ1v) is 18.2.